The van der Waals surface area contributed by atoms with Gasteiger partial charge in [-0.3, -0.25) is 5.10 Å². The molecule has 0 saturated heterocycles. The maximum atomic E-state index is 5.80. The molecular weight excluding hydrogens is 332 g/mol. The van der Waals surface area contributed by atoms with Crippen molar-refractivity contribution in [2.75, 3.05) is 0 Å². The Hall–Kier alpha value is -1.89. The second-order valence-electron chi connectivity index (χ2n) is 4.77. The Balaban J connectivity index is 2.00. The largest absolute Gasteiger partial charge is 0.370 e. The first-order valence-electron chi connectivity index (χ1n) is 6.82. The van der Waals surface area contributed by atoms with Crippen LogP contribution in [0, 0.1) is 0 Å². The number of benzene rings is 1. The molecule has 0 aliphatic heterocycles. The Morgan fingerprint density at radius 2 is 2.14 bits per heavy atom. The summed E-state index contributed by atoms with van der Waals surface area (Å²) < 4.78 is 1.02. The first-order valence-corrected chi connectivity index (χ1v) is 7.61. The van der Waals surface area contributed by atoms with Gasteiger partial charge in [0.05, 0.1) is 0 Å². The van der Waals surface area contributed by atoms with Crippen molar-refractivity contribution in [1.29, 1.82) is 0 Å². The van der Waals surface area contributed by atoms with E-state index in [-0.39, 0.29) is 0 Å². The van der Waals surface area contributed by atoms with Crippen LogP contribution >= 0.6 is 15.9 Å². The Morgan fingerprint density at radius 1 is 1.43 bits per heavy atom. The quantitative estimate of drug-likeness (QED) is 0.570. The molecule has 7 heteroatoms. The number of guanidine groups is 1. The van der Waals surface area contributed by atoms with Crippen LogP contribution in [0.25, 0.3) is 11.4 Å². The highest BCUT2D eigenvalue weighted by molar-refractivity contribution is 9.10. The molecule has 1 unspecified atom stereocenters. The van der Waals surface area contributed by atoms with Gasteiger partial charge in [0.2, 0.25) is 0 Å². The minimum absolute atomic E-state index is 0.307. The standard InChI is InChI=1S/C14H19BrN6/c1-3-9(2)18-14(16)17-8-12-19-13(21-20-12)10-4-6-11(15)7-5-10/h4-7,9H,3,8H2,1-2H3,(H3,16,17,18)(H,19,20,21). The molecule has 2 rings (SSSR count). The molecule has 1 aromatic carbocycles. The lowest BCUT2D eigenvalue weighted by Crippen LogP contribution is -2.38. The molecular formula is C14H19BrN6. The molecule has 0 aliphatic carbocycles. The summed E-state index contributed by atoms with van der Waals surface area (Å²) in [5, 5.41) is 10.2. The van der Waals surface area contributed by atoms with E-state index in [4.69, 9.17) is 5.73 Å². The molecule has 0 radical (unpaired) electrons. The zero-order chi connectivity index (χ0) is 15.2. The number of hydrogen-bond donors (Lipinski definition) is 3. The topological polar surface area (TPSA) is 92.0 Å². The number of rotatable bonds is 5. The first-order chi connectivity index (χ1) is 10.1. The summed E-state index contributed by atoms with van der Waals surface area (Å²) in [4.78, 5) is 8.65. The highest BCUT2D eigenvalue weighted by Crippen LogP contribution is 2.18. The summed E-state index contributed by atoms with van der Waals surface area (Å²) >= 11 is 3.40. The molecule has 6 nitrogen and oxygen atoms in total. The monoisotopic (exact) mass is 350 g/mol. The molecule has 0 saturated carbocycles. The van der Waals surface area contributed by atoms with Gasteiger partial charge in [0.25, 0.3) is 0 Å². The van der Waals surface area contributed by atoms with Crippen LogP contribution in [-0.2, 0) is 6.54 Å². The van der Waals surface area contributed by atoms with E-state index >= 15 is 0 Å². The molecule has 21 heavy (non-hydrogen) atoms. The fourth-order valence-electron chi connectivity index (χ4n) is 1.65. The Morgan fingerprint density at radius 3 is 2.81 bits per heavy atom. The third kappa shape index (κ3) is 4.56. The molecule has 1 aromatic heterocycles. The third-order valence-electron chi connectivity index (χ3n) is 3.04. The molecule has 1 atom stereocenters. The van der Waals surface area contributed by atoms with Crippen molar-refractivity contribution in [1.82, 2.24) is 20.5 Å². The van der Waals surface area contributed by atoms with Crippen LogP contribution in [0.5, 0.6) is 0 Å². The van der Waals surface area contributed by atoms with E-state index in [1.807, 2.05) is 24.3 Å². The average Bonchev–Trinajstić information content (AvgIpc) is 2.94. The molecule has 4 N–H and O–H groups in total. The first kappa shape index (κ1) is 15.5. The van der Waals surface area contributed by atoms with E-state index in [1.165, 1.54) is 0 Å². The van der Waals surface area contributed by atoms with Crippen LogP contribution in [0.2, 0.25) is 0 Å². The number of nitrogens with two attached hydrogens (primary N) is 1. The van der Waals surface area contributed by atoms with Crippen molar-refractivity contribution < 1.29 is 0 Å². The zero-order valence-electron chi connectivity index (χ0n) is 12.1. The fourth-order valence-corrected chi connectivity index (χ4v) is 1.92. The van der Waals surface area contributed by atoms with Crippen molar-refractivity contribution in [3.05, 3.63) is 34.6 Å². The van der Waals surface area contributed by atoms with Crippen LogP contribution in [-0.4, -0.2) is 27.2 Å². The van der Waals surface area contributed by atoms with Gasteiger partial charge >= 0.3 is 0 Å². The molecule has 2 aromatic rings. The van der Waals surface area contributed by atoms with E-state index in [1.54, 1.807) is 0 Å². The second-order valence-corrected chi connectivity index (χ2v) is 5.68. The molecule has 0 spiro atoms. The minimum atomic E-state index is 0.307. The van der Waals surface area contributed by atoms with Gasteiger partial charge in [0, 0.05) is 16.1 Å². The van der Waals surface area contributed by atoms with E-state index in [9.17, 15) is 0 Å². The normalized spacial score (nSPS) is 13.2. The lowest BCUT2D eigenvalue weighted by molar-refractivity contribution is 0.636. The zero-order valence-corrected chi connectivity index (χ0v) is 13.7. The number of hydrogen-bond acceptors (Lipinski definition) is 3. The summed E-state index contributed by atoms with van der Waals surface area (Å²) in [5.74, 6) is 1.76. The predicted octanol–water partition coefficient (Wildman–Crippen LogP) is 2.44. The van der Waals surface area contributed by atoms with Crippen molar-refractivity contribution in [2.24, 2.45) is 10.7 Å². The molecule has 112 valence electrons. The summed E-state index contributed by atoms with van der Waals surface area (Å²) in [6.45, 7) is 4.52. The van der Waals surface area contributed by atoms with E-state index < -0.39 is 0 Å². The predicted molar refractivity (Wildman–Crippen MR) is 87.7 cm³/mol. The number of nitrogens with zero attached hydrogens (tertiary/aromatic N) is 3. The fraction of sp³-hybridized carbons (Fsp3) is 0.357. The molecule has 1 heterocycles. The molecule has 0 aliphatic rings. The summed E-state index contributed by atoms with van der Waals surface area (Å²) in [7, 11) is 0. The summed E-state index contributed by atoms with van der Waals surface area (Å²) in [6, 6.07) is 8.13. The van der Waals surface area contributed by atoms with Crippen molar-refractivity contribution in [2.45, 2.75) is 32.9 Å². The van der Waals surface area contributed by atoms with Crippen molar-refractivity contribution in [3.63, 3.8) is 0 Å². The SMILES string of the molecule is CCC(C)NC(N)=NCc1nc(-c2ccc(Br)cc2)n[nH]1. The van der Waals surface area contributed by atoms with E-state index in [0.29, 0.717) is 30.2 Å². The summed E-state index contributed by atoms with van der Waals surface area (Å²) in [5.41, 5.74) is 6.76. The molecule has 0 fully saturated rings. The Labute approximate surface area is 132 Å². The number of aliphatic imine (C=N–C) groups is 1. The smallest absolute Gasteiger partial charge is 0.189 e. The van der Waals surface area contributed by atoms with Gasteiger partial charge in [-0.15, -0.1) is 0 Å². The number of aromatic nitrogens is 3. The Kier molecular flexibility index (Phi) is 5.32. The van der Waals surface area contributed by atoms with Gasteiger partial charge in [0.15, 0.2) is 11.8 Å². The van der Waals surface area contributed by atoms with Gasteiger partial charge in [-0.2, -0.15) is 5.10 Å². The van der Waals surface area contributed by atoms with Crippen molar-refractivity contribution in [3.8, 4) is 11.4 Å². The van der Waals surface area contributed by atoms with Gasteiger partial charge < -0.3 is 11.1 Å². The van der Waals surface area contributed by atoms with E-state index in [2.05, 4.69) is 55.3 Å². The maximum Gasteiger partial charge on any atom is 0.189 e. The third-order valence-corrected chi connectivity index (χ3v) is 3.57. The van der Waals surface area contributed by atoms with Gasteiger partial charge in [-0.05, 0) is 25.5 Å². The van der Waals surface area contributed by atoms with Gasteiger partial charge in [-0.1, -0.05) is 35.0 Å². The van der Waals surface area contributed by atoms with Crippen LogP contribution in [0.4, 0.5) is 0 Å². The van der Waals surface area contributed by atoms with Gasteiger partial charge in [-0.25, -0.2) is 9.98 Å². The van der Waals surface area contributed by atoms with Gasteiger partial charge in [0.1, 0.15) is 12.4 Å². The minimum Gasteiger partial charge on any atom is -0.370 e. The number of nitrogens with one attached hydrogen (secondary N) is 2. The lowest BCUT2D eigenvalue weighted by Gasteiger charge is -2.11. The number of H-pyrrole nitrogens is 1. The van der Waals surface area contributed by atoms with E-state index in [0.717, 1.165) is 16.5 Å². The average molecular weight is 351 g/mol. The van der Waals surface area contributed by atoms with Crippen LogP contribution in [0.3, 0.4) is 0 Å². The Bertz CT molecular complexity index is 604. The lowest BCUT2D eigenvalue weighted by atomic mass is 10.2. The van der Waals surface area contributed by atoms with Crippen LogP contribution in [0.1, 0.15) is 26.1 Å². The maximum absolute atomic E-state index is 5.80. The highest BCUT2D eigenvalue weighted by atomic mass is 79.9. The highest BCUT2D eigenvalue weighted by Gasteiger charge is 2.06. The summed E-state index contributed by atoms with van der Waals surface area (Å²) in [6.07, 6.45) is 0.992. The number of aromatic amines is 1. The molecule has 0 amide bonds. The van der Waals surface area contributed by atoms with Crippen LogP contribution < -0.4 is 11.1 Å². The second kappa shape index (κ2) is 7.21. The number of halogens is 1. The van der Waals surface area contributed by atoms with Crippen LogP contribution in [0.15, 0.2) is 33.7 Å². The van der Waals surface area contributed by atoms with Crippen molar-refractivity contribution >= 4 is 21.9 Å². The molecule has 0 bridgehead atoms.